The van der Waals surface area contributed by atoms with E-state index in [1.54, 1.807) is 24.3 Å². The number of benzene rings is 1. The highest BCUT2D eigenvalue weighted by molar-refractivity contribution is 8.13. The summed E-state index contributed by atoms with van der Waals surface area (Å²) < 4.78 is 0. The molecule has 16 heavy (non-hydrogen) atoms. The van der Waals surface area contributed by atoms with Gasteiger partial charge in [-0.1, -0.05) is 35.5 Å². The van der Waals surface area contributed by atoms with Gasteiger partial charge in [-0.05, 0) is 12.1 Å². The van der Waals surface area contributed by atoms with Gasteiger partial charge in [0.05, 0.1) is 10.7 Å². The monoisotopic (exact) mass is 256 g/mol. The molecule has 2 rings (SSSR count). The maximum absolute atomic E-state index is 11.7. The number of anilines is 1. The summed E-state index contributed by atoms with van der Waals surface area (Å²) in [6.07, 6.45) is 0. The summed E-state index contributed by atoms with van der Waals surface area (Å²) in [5.41, 5.74) is 0.513. The van der Waals surface area contributed by atoms with E-state index in [2.05, 4.69) is 5.32 Å². The largest absolute Gasteiger partial charge is 0.329 e. The Kier molecular flexibility index (Phi) is 3.36. The van der Waals surface area contributed by atoms with Crippen molar-refractivity contribution in [1.82, 2.24) is 4.90 Å². The lowest BCUT2D eigenvalue weighted by Gasteiger charge is -2.14. The molecule has 1 saturated heterocycles. The van der Waals surface area contributed by atoms with E-state index < -0.39 is 6.03 Å². The molecule has 0 aliphatic carbocycles. The highest BCUT2D eigenvalue weighted by atomic mass is 35.5. The lowest BCUT2D eigenvalue weighted by atomic mass is 10.3. The van der Waals surface area contributed by atoms with Crippen LogP contribution >= 0.6 is 23.4 Å². The van der Waals surface area contributed by atoms with Gasteiger partial charge in [-0.15, -0.1) is 0 Å². The van der Waals surface area contributed by atoms with Gasteiger partial charge in [0.2, 0.25) is 0 Å². The summed E-state index contributed by atoms with van der Waals surface area (Å²) in [6, 6.07) is 6.48. The molecule has 1 aromatic carbocycles. The van der Waals surface area contributed by atoms with Gasteiger partial charge in [0.25, 0.3) is 5.24 Å². The minimum atomic E-state index is -0.428. The first-order valence-electron chi connectivity index (χ1n) is 4.68. The fraction of sp³-hybridized carbons (Fsp3) is 0.200. The first kappa shape index (κ1) is 11.3. The van der Waals surface area contributed by atoms with E-state index in [-0.39, 0.29) is 5.24 Å². The molecular formula is C10H9ClN2O2S. The zero-order chi connectivity index (χ0) is 11.5. The Morgan fingerprint density at radius 2 is 2.19 bits per heavy atom. The van der Waals surface area contributed by atoms with Gasteiger partial charge in [-0.3, -0.25) is 9.69 Å². The van der Waals surface area contributed by atoms with Crippen molar-refractivity contribution in [2.75, 3.05) is 17.6 Å². The number of hydrogen-bond donors (Lipinski definition) is 1. The van der Waals surface area contributed by atoms with Crippen LogP contribution in [0.1, 0.15) is 0 Å². The van der Waals surface area contributed by atoms with Crippen molar-refractivity contribution in [1.29, 1.82) is 0 Å². The Bertz CT molecular complexity index is 439. The number of amides is 3. The molecule has 6 heteroatoms. The molecule has 0 radical (unpaired) electrons. The van der Waals surface area contributed by atoms with Crippen molar-refractivity contribution in [2.24, 2.45) is 0 Å². The van der Waals surface area contributed by atoms with Crippen LogP contribution in [-0.4, -0.2) is 28.5 Å². The third-order valence-electron chi connectivity index (χ3n) is 2.12. The van der Waals surface area contributed by atoms with Gasteiger partial charge in [0.1, 0.15) is 0 Å². The quantitative estimate of drug-likeness (QED) is 0.840. The maximum atomic E-state index is 11.7. The summed E-state index contributed by atoms with van der Waals surface area (Å²) in [4.78, 5) is 24.2. The number of halogens is 1. The average molecular weight is 257 g/mol. The van der Waals surface area contributed by atoms with E-state index in [9.17, 15) is 9.59 Å². The topological polar surface area (TPSA) is 49.4 Å². The van der Waals surface area contributed by atoms with Crippen LogP contribution in [0.2, 0.25) is 5.02 Å². The molecule has 1 heterocycles. The molecule has 0 saturated carbocycles. The molecule has 1 N–H and O–H groups in total. The molecule has 0 atom stereocenters. The molecule has 0 unspecified atom stereocenters. The van der Waals surface area contributed by atoms with Gasteiger partial charge < -0.3 is 5.32 Å². The smallest absolute Gasteiger partial charge is 0.306 e. The second-order valence-electron chi connectivity index (χ2n) is 3.18. The van der Waals surface area contributed by atoms with Crippen LogP contribution in [0.5, 0.6) is 0 Å². The molecular weight excluding hydrogens is 248 g/mol. The van der Waals surface area contributed by atoms with Crippen molar-refractivity contribution in [3.63, 3.8) is 0 Å². The van der Waals surface area contributed by atoms with E-state index in [1.807, 2.05) is 0 Å². The molecule has 0 bridgehead atoms. The molecule has 3 amide bonds. The molecule has 0 aromatic heterocycles. The van der Waals surface area contributed by atoms with E-state index >= 15 is 0 Å². The first-order chi connectivity index (χ1) is 7.68. The van der Waals surface area contributed by atoms with Crippen molar-refractivity contribution < 1.29 is 9.59 Å². The Balaban J connectivity index is 2.08. The van der Waals surface area contributed by atoms with Gasteiger partial charge in [-0.2, -0.15) is 0 Å². The highest BCUT2D eigenvalue weighted by Crippen LogP contribution is 2.23. The molecule has 1 fully saturated rings. The predicted octanol–water partition coefficient (Wildman–Crippen LogP) is 3.04. The number of urea groups is 1. The third kappa shape index (κ3) is 2.31. The summed E-state index contributed by atoms with van der Waals surface area (Å²) in [6.45, 7) is 0.444. The molecule has 4 nitrogen and oxygen atoms in total. The van der Waals surface area contributed by atoms with Crippen LogP contribution in [0.3, 0.4) is 0 Å². The van der Waals surface area contributed by atoms with Gasteiger partial charge in [0, 0.05) is 12.3 Å². The Morgan fingerprint density at radius 1 is 1.44 bits per heavy atom. The number of hydrogen-bond acceptors (Lipinski definition) is 3. The Labute approximate surface area is 102 Å². The molecule has 1 aromatic rings. The zero-order valence-electron chi connectivity index (χ0n) is 8.27. The number of thioether (sulfide) groups is 1. The van der Waals surface area contributed by atoms with Crippen LogP contribution in [-0.2, 0) is 0 Å². The number of imide groups is 1. The van der Waals surface area contributed by atoms with Crippen LogP contribution < -0.4 is 5.32 Å². The fourth-order valence-corrected chi connectivity index (χ4v) is 2.28. The van der Waals surface area contributed by atoms with Crippen LogP contribution in [0.25, 0.3) is 0 Å². The first-order valence-corrected chi connectivity index (χ1v) is 6.04. The zero-order valence-corrected chi connectivity index (χ0v) is 9.85. The number of carbonyl (C=O) groups excluding carboxylic acids is 2. The minimum Gasteiger partial charge on any atom is -0.306 e. The van der Waals surface area contributed by atoms with Crippen molar-refractivity contribution in [3.8, 4) is 0 Å². The summed E-state index contributed by atoms with van der Waals surface area (Å²) in [7, 11) is 0. The molecule has 1 aliphatic heterocycles. The SMILES string of the molecule is O=C(Nc1ccccc1Cl)N1CCSC1=O. The lowest BCUT2D eigenvalue weighted by molar-refractivity contribution is 0.213. The van der Waals surface area contributed by atoms with Crippen LogP contribution in [0.4, 0.5) is 15.3 Å². The fourth-order valence-electron chi connectivity index (χ4n) is 1.32. The number of carbonyl (C=O) groups is 2. The van der Waals surface area contributed by atoms with Crippen LogP contribution in [0, 0.1) is 0 Å². The molecule has 0 spiro atoms. The van der Waals surface area contributed by atoms with Gasteiger partial charge >= 0.3 is 6.03 Å². The van der Waals surface area contributed by atoms with E-state index in [0.717, 1.165) is 11.8 Å². The van der Waals surface area contributed by atoms with Crippen molar-refractivity contribution in [3.05, 3.63) is 29.3 Å². The standard InChI is InChI=1S/C10H9ClN2O2S/c11-7-3-1-2-4-8(7)12-9(14)13-5-6-16-10(13)15/h1-4H,5-6H2,(H,12,14). The normalized spacial score (nSPS) is 15.3. The molecule has 84 valence electrons. The summed E-state index contributed by atoms with van der Waals surface area (Å²) in [5.74, 6) is 0.648. The Hall–Kier alpha value is -1.20. The van der Waals surface area contributed by atoms with Gasteiger partial charge in [0.15, 0.2) is 0 Å². The number of nitrogens with zero attached hydrogens (tertiary/aromatic N) is 1. The van der Waals surface area contributed by atoms with E-state index in [4.69, 9.17) is 11.6 Å². The van der Waals surface area contributed by atoms with E-state index in [1.165, 1.54) is 4.90 Å². The maximum Gasteiger partial charge on any atom is 0.329 e. The van der Waals surface area contributed by atoms with Gasteiger partial charge in [-0.25, -0.2) is 4.79 Å². The number of para-hydroxylation sites is 1. The second-order valence-corrected chi connectivity index (χ2v) is 4.63. The Morgan fingerprint density at radius 3 is 2.81 bits per heavy atom. The average Bonchev–Trinajstić information content (AvgIpc) is 2.68. The summed E-state index contributed by atoms with van der Waals surface area (Å²) in [5, 5.41) is 2.84. The van der Waals surface area contributed by atoms with Crippen molar-refractivity contribution >= 4 is 40.3 Å². The second kappa shape index (κ2) is 4.76. The summed E-state index contributed by atoms with van der Waals surface area (Å²) >= 11 is 7.03. The van der Waals surface area contributed by atoms with Crippen LogP contribution in [0.15, 0.2) is 24.3 Å². The number of rotatable bonds is 1. The lowest BCUT2D eigenvalue weighted by Crippen LogP contribution is -2.34. The predicted molar refractivity (Wildman–Crippen MR) is 65.0 cm³/mol. The highest BCUT2D eigenvalue weighted by Gasteiger charge is 2.27. The third-order valence-corrected chi connectivity index (χ3v) is 3.31. The molecule has 1 aliphatic rings. The van der Waals surface area contributed by atoms with Crippen molar-refractivity contribution in [2.45, 2.75) is 0 Å². The minimum absolute atomic E-state index is 0.218. The van der Waals surface area contributed by atoms with E-state index in [0.29, 0.717) is 23.0 Å². The number of nitrogens with one attached hydrogen (secondary N) is 1.